The number of nitrogens with one attached hydrogen (secondary N) is 1. The Labute approximate surface area is 152 Å². The Morgan fingerprint density at radius 1 is 1.00 bits per heavy atom. The van der Waals surface area contributed by atoms with Crippen molar-refractivity contribution in [1.29, 1.82) is 5.26 Å². The van der Waals surface area contributed by atoms with E-state index in [1.54, 1.807) is 12.1 Å². The molecule has 0 heterocycles. The summed E-state index contributed by atoms with van der Waals surface area (Å²) in [5.41, 5.74) is 5.13. The third kappa shape index (κ3) is 4.28. The number of amides is 1. The summed E-state index contributed by atoms with van der Waals surface area (Å²) in [6, 6.07) is 24.8. The molecule has 128 valence electrons. The van der Waals surface area contributed by atoms with Crippen LogP contribution in [0.1, 0.15) is 16.7 Å². The Hall–Kier alpha value is -3.58. The number of carbonyl (C=O) groups excluding carboxylic acids is 1. The molecule has 3 aromatic carbocycles. The highest BCUT2D eigenvalue weighted by atomic mass is 16.5. The third-order valence-electron chi connectivity index (χ3n) is 4.03. The molecule has 1 amide bonds. The molecule has 4 nitrogen and oxygen atoms in total. The zero-order chi connectivity index (χ0) is 18.4. The Balaban J connectivity index is 1.71. The normalized spacial score (nSPS) is 10.0. The fraction of sp³-hybridized carbons (Fsp3) is 0.0909. The van der Waals surface area contributed by atoms with Gasteiger partial charge in [-0.25, -0.2) is 4.79 Å². The predicted molar refractivity (Wildman–Crippen MR) is 102 cm³/mol. The molecule has 3 rings (SSSR count). The van der Waals surface area contributed by atoms with E-state index in [4.69, 9.17) is 10.00 Å². The second-order valence-corrected chi connectivity index (χ2v) is 5.91. The highest BCUT2D eigenvalue weighted by Crippen LogP contribution is 2.26. The maximum Gasteiger partial charge on any atom is 0.411 e. The molecule has 0 radical (unpaired) electrons. The first-order valence-electron chi connectivity index (χ1n) is 8.24. The van der Waals surface area contributed by atoms with Crippen LogP contribution >= 0.6 is 0 Å². The van der Waals surface area contributed by atoms with E-state index in [0.717, 1.165) is 22.3 Å². The van der Waals surface area contributed by atoms with Crippen molar-refractivity contribution in [2.45, 2.75) is 13.5 Å². The number of nitriles is 1. The van der Waals surface area contributed by atoms with Gasteiger partial charge in [-0.05, 0) is 47.4 Å². The van der Waals surface area contributed by atoms with Gasteiger partial charge in [0.05, 0.1) is 11.6 Å². The van der Waals surface area contributed by atoms with Crippen LogP contribution in [0.5, 0.6) is 0 Å². The van der Waals surface area contributed by atoms with Crippen LogP contribution in [-0.4, -0.2) is 6.09 Å². The number of hydrogen-bond acceptors (Lipinski definition) is 3. The lowest BCUT2D eigenvalue weighted by Gasteiger charge is -2.11. The van der Waals surface area contributed by atoms with Crippen LogP contribution in [0.3, 0.4) is 0 Å². The highest BCUT2D eigenvalue weighted by Gasteiger charge is 2.08. The standard InChI is InChI=1S/C22H18N2O2/c1-16-7-10-20(19-11-8-17(14-23)9-12-19)13-21(16)24-22(25)26-15-18-5-3-2-4-6-18/h2-13H,15H2,1H3,(H,24,25). The van der Waals surface area contributed by atoms with Gasteiger partial charge in [0, 0.05) is 5.69 Å². The maximum atomic E-state index is 12.1. The minimum atomic E-state index is -0.492. The third-order valence-corrected chi connectivity index (χ3v) is 4.03. The molecular formula is C22H18N2O2. The summed E-state index contributed by atoms with van der Waals surface area (Å²) in [6.45, 7) is 2.15. The molecule has 1 N–H and O–H groups in total. The van der Waals surface area contributed by atoms with Crippen molar-refractivity contribution in [2.24, 2.45) is 0 Å². The number of hydrogen-bond donors (Lipinski definition) is 1. The highest BCUT2D eigenvalue weighted by molar-refractivity contribution is 5.87. The van der Waals surface area contributed by atoms with E-state index in [0.29, 0.717) is 11.3 Å². The number of rotatable bonds is 4. The Bertz CT molecular complexity index is 942. The van der Waals surface area contributed by atoms with E-state index in [1.165, 1.54) is 0 Å². The second-order valence-electron chi connectivity index (χ2n) is 5.91. The lowest BCUT2D eigenvalue weighted by Crippen LogP contribution is -2.14. The average molecular weight is 342 g/mol. The summed E-state index contributed by atoms with van der Waals surface area (Å²) in [6.07, 6.45) is -0.492. The van der Waals surface area contributed by atoms with Crippen LogP contribution in [0.15, 0.2) is 72.8 Å². The molecule has 0 aromatic heterocycles. The summed E-state index contributed by atoms with van der Waals surface area (Å²) in [5, 5.41) is 11.7. The van der Waals surface area contributed by atoms with Gasteiger partial charge in [-0.15, -0.1) is 0 Å². The largest absolute Gasteiger partial charge is 0.444 e. The quantitative estimate of drug-likeness (QED) is 0.701. The van der Waals surface area contributed by atoms with Gasteiger partial charge in [0.25, 0.3) is 0 Å². The topological polar surface area (TPSA) is 62.1 Å². The lowest BCUT2D eigenvalue weighted by molar-refractivity contribution is 0.155. The van der Waals surface area contributed by atoms with Crippen molar-refractivity contribution < 1.29 is 9.53 Å². The monoisotopic (exact) mass is 342 g/mol. The van der Waals surface area contributed by atoms with Gasteiger partial charge in [-0.1, -0.05) is 54.6 Å². The van der Waals surface area contributed by atoms with E-state index in [2.05, 4.69) is 11.4 Å². The van der Waals surface area contributed by atoms with Gasteiger partial charge in [0.15, 0.2) is 0 Å². The van der Waals surface area contributed by atoms with E-state index >= 15 is 0 Å². The first-order valence-corrected chi connectivity index (χ1v) is 8.24. The molecule has 26 heavy (non-hydrogen) atoms. The first-order chi connectivity index (χ1) is 12.7. The van der Waals surface area contributed by atoms with Crippen LogP contribution in [-0.2, 0) is 11.3 Å². The van der Waals surface area contributed by atoms with Crippen molar-refractivity contribution in [2.75, 3.05) is 5.32 Å². The van der Waals surface area contributed by atoms with Crippen molar-refractivity contribution in [3.05, 3.63) is 89.5 Å². The minimum Gasteiger partial charge on any atom is -0.444 e. The van der Waals surface area contributed by atoms with Crippen molar-refractivity contribution in [3.8, 4) is 17.2 Å². The maximum absolute atomic E-state index is 12.1. The molecule has 3 aromatic rings. The first kappa shape index (κ1) is 17.2. The van der Waals surface area contributed by atoms with Crippen molar-refractivity contribution >= 4 is 11.8 Å². The molecule has 0 aliphatic carbocycles. The summed E-state index contributed by atoms with van der Waals surface area (Å²) < 4.78 is 5.28. The van der Waals surface area contributed by atoms with Crippen molar-refractivity contribution in [1.82, 2.24) is 0 Å². The van der Waals surface area contributed by atoms with Gasteiger partial charge in [0.2, 0.25) is 0 Å². The van der Waals surface area contributed by atoms with Gasteiger partial charge in [-0.2, -0.15) is 5.26 Å². The van der Waals surface area contributed by atoms with Crippen LogP contribution < -0.4 is 5.32 Å². The number of benzene rings is 3. The van der Waals surface area contributed by atoms with Crippen LogP contribution in [0.25, 0.3) is 11.1 Å². The Morgan fingerprint density at radius 3 is 2.38 bits per heavy atom. The summed E-state index contributed by atoms with van der Waals surface area (Å²) in [7, 11) is 0. The van der Waals surface area contributed by atoms with Crippen LogP contribution in [0.4, 0.5) is 10.5 Å². The molecule has 0 unspecified atom stereocenters. The van der Waals surface area contributed by atoms with E-state index < -0.39 is 6.09 Å². The minimum absolute atomic E-state index is 0.223. The smallest absolute Gasteiger partial charge is 0.411 e. The Morgan fingerprint density at radius 2 is 1.69 bits per heavy atom. The summed E-state index contributed by atoms with van der Waals surface area (Å²) in [5.74, 6) is 0. The van der Waals surface area contributed by atoms with Crippen molar-refractivity contribution in [3.63, 3.8) is 0 Å². The van der Waals surface area contributed by atoms with E-state index in [1.807, 2.05) is 67.6 Å². The molecule has 0 saturated heterocycles. The van der Waals surface area contributed by atoms with E-state index in [9.17, 15) is 4.79 Å². The summed E-state index contributed by atoms with van der Waals surface area (Å²) in [4.78, 5) is 12.1. The molecule has 4 heteroatoms. The molecule has 0 aliphatic heterocycles. The van der Waals surface area contributed by atoms with Gasteiger partial charge >= 0.3 is 6.09 Å². The lowest BCUT2D eigenvalue weighted by atomic mass is 10.0. The molecular weight excluding hydrogens is 324 g/mol. The van der Waals surface area contributed by atoms with Gasteiger partial charge in [0.1, 0.15) is 6.61 Å². The van der Waals surface area contributed by atoms with E-state index in [-0.39, 0.29) is 6.61 Å². The van der Waals surface area contributed by atoms with Gasteiger partial charge < -0.3 is 4.74 Å². The molecule has 0 saturated carbocycles. The zero-order valence-electron chi connectivity index (χ0n) is 14.4. The fourth-order valence-electron chi connectivity index (χ4n) is 2.54. The molecule has 0 aliphatic rings. The van der Waals surface area contributed by atoms with Crippen LogP contribution in [0.2, 0.25) is 0 Å². The number of aryl methyl sites for hydroxylation is 1. The van der Waals surface area contributed by atoms with Crippen LogP contribution in [0, 0.1) is 18.3 Å². The average Bonchev–Trinajstić information content (AvgIpc) is 2.69. The zero-order valence-corrected chi connectivity index (χ0v) is 14.4. The molecule has 0 fully saturated rings. The predicted octanol–water partition coefficient (Wildman–Crippen LogP) is 5.28. The Kier molecular flexibility index (Phi) is 5.31. The fourth-order valence-corrected chi connectivity index (χ4v) is 2.54. The number of carbonyl (C=O) groups is 1. The summed E-state index contributed by atoms with van der Waals surface area (Å²) >= 11 is 0. The number of anilines is 1. The molecule has 0 bridgehead atoms. The van der Waals surface area contributed by atoms with Gasteiger partial charge in [-0.3, -0.25) is 5.32 Å². The molecule has 0 spiro atoms. The second kappa shape index (κ2) is 8.00. The number of ether oxygens (including phenoxy) is 1. The number of nitrogens with zero attached hydrogens (tertiary/aromatic N) is 1. The SMILES string of the molecule is Cc1ccc(-c2ccc(C#N)cc2)cc1NC(=O)OCc1ccccc1. The molecule has 0 atom stereocenters.